The van der Waals surface area contributed by atoms with Gasteiger partial charge in [-0.3, -0.25) is 4.79 Å². The van der Waals surface area contributed by atoms with Crippen LogP contribution in [0.15, 0.2) is 52.4 Å². The van der Waals surface area contributed by atoms with E-state index >= 15 is 0 Å². The van der Waals surface area contributed by atoms with Gasteiger partial charge < -0.3 is 4.57 Å². The molecule has 0 aliphatic heterocycles. The van der Waals surface area contributed by atoms with Crippen molar-refractivity contribution in [1.29, 1.82) is 0 Å². The zero-order chi connectivity index (χ0) is 18.9. The van der Waals surface area contributed by atoms with Crippen LogP contribution in [0.2, 0.25) is 0 Å². The summed E-state index contributed by atoms with van der Waals surface area (Å²) in [5.41, 5.74) is 0.820. The fourth-order valence-electron chi connectivity index (χ4n) is 2.66. The normalized spacial score (nSPS) is 12.7. The van der Waals surface area contributed by atoms with Crippen molar-refractivity contribution in [3.05, 3.63) is 58.6 Å². The van der Waals surface area contributed by atoms with Crippen molar-refractivity contribution in [3.63, 3.8) is 0 Å². The molecule has 0 unspecified atom stereocenters. The Labute approximate surface area is 154 Å². The highest BCUT2D eigenvalue weighted by atomic mass is 32.2. The number of carbonyl (C=O) groups is 1. The molecule has 0 spiro atoms. The molecule has 3 rings (SSSR count). The van der Waals surface area contributed by atoms with Crippen molar-refractivity contribution in [2.24, 2.45) is 4.99 Å². The summed E-state index contributed by atoms with van der Waals surface area (Å²) >= 11 is 1.19. The largest absolute Gasteiger partial charge is 0.317 e. The molecular weight excluding hydrogens is 375 g/mol. The van der Waals surface area contributed by atoms with Gasteiger partial charge in [0.1, 0.15) is 5.82 Å². The third kappa shape index (κ3) is 3.34. The molecule has 0 saturated carbocycles. The fraction of sp³-hybridized carbons (Fsp3) is 0.222. The summed E-state index contributed by atoms with van der Waals surface area (Å²) in [5.74, 6) is -1.10. The van der Waals surface area contributed by atoms with Crippen molar-refractivity contribution >= 4 is 37.3 Å². The van der Waals surface area contributed by atoms with Gasteiger partial charge in [0.05, 0.1) is 26.4 Å². The van der Waals surface area contributed by atoms with Crippen LogP contribution < -0.4 is 4.80 Å². The topological polar surface area (TPSA) is 68.5 Å². The number of fused-ring (bicyclic) bond motifs is 1. The highest BCUT2D eigenvalue weighted by Crippen LogP contribution is 2.20. The number of halogens is 1. The lowest BCUT2D eigenvalue weighted by atomic mass is 10.2. The number of sulfone groups is 1. The quantitative estimate of drug-likeness (QED) is 0.683. The minimum atomic E-state index is -3.55. The van der Waals surface area contributed by atoms with Crippen LogP contribution in [-0.4, -0.2) is 24.6 Å². The maximum absolute atomic E-state index is 13.5. The molecule has 0 radical (unpaired) electrons. The first-order chi connectivity index (χ1) is 12.4. The van der Waals surface area contributed by atoms with E-state index in [9.17, 15) is 17.6 Å². The predicted molar refractivity (Wildman–Crippen MR) is 99.5 cm³/mol. The van der Waals surface area contributed by atoms with Crippen LogP contribution in [-0.2, 0) is 16.4 Å². The minimum absolute atomic E-state index is 0.0218. The van der Waals surface area contributed by atoms with E-state index in [1.165, 1.54) is 42.5 Å². The van der Waals surface area contributed by atoms with E-state index in [0.29, 0.717) is 16.0 Å². The van der Waals surface area contributed by atoms with Crippen LogP contribution in [0.5, 0.6) is 0 Å². The maximum atomic E-state index is 13.5. The van der Waals surface area contributed by atoms with Crippen LogP contribution in [0.25, 0.3) is 10.2 Å². The third-order valence-electron chi connectivity index (χ3n) is 3.99. The lowest BCUT2D eigenvalue weighted by Gasteiger charge is -2.06. The second-order valence-corrected chi connectivity index (χ2v) is 8.81. The molecule has 0 N–H and O–H groups in total. The Bertz CT molecular complexity index is 1160. The molecule has 0 aliphatic rings. The second-order valence-electron chi connectivity index (χ2n) is 5.56. The number of nitrogens with zero attached hydrogens (tertiary/aromatic N) is 2. The molecule has 5 nitrogen and oxygen atoms in total. The standard InChI is InChI=1S/C18H17FN2O3S2/c1-3-21-14-10-9-12(19)11-15(14)25-18(21)20-17(22)13-7-5-6-8-16(13)26(23,24)4-2/h5-11H,3-4H2,1-2H3. The number of rotatable bonds is 4. The lowest BCUT2D eigenvalue weighted by Crippen LogP contribution is -2.17. The number of carbonyl (C=O) groups excluding carboxylic acids is 1. The van der Waals surface area contributed by atoms with Gasteiger partial charge in [0.2, 0.25) is 0 Å². The Hall–Kier alpha value is -2.32. The van der Waals surface area contributed by atoms with Crippen LogP contribution in [0.1, 0.15) is 24.2 Å². The average Bonchev–Trinajstić information content (AvgIpc) is 2.97. The van der Waals surface area contributed by atoms with Gasteiger partial charge in [0, 0.05) is 6.54 Å². The van der Waals surface area contributed by atoms with Gasteiger partial charge in [0.15, 0.2) is 14.6 Å². The molecule has 1 amide bonds. The van der Waals surface area contributed by atoms with Gasteiger partial charge in [0.25, 0.3) is 5.91 Å². The van der Waals surface area contributed by atoms with Crippen molar-refractivity contribution in [2.45, 2.75) is 25.3 Å². The number of amides is 1. The molecule has 8 heteroatoms. The average molecular weight is 392 g/mol. The Kier molecular flexibility index (Phi) is 5.06. The van der Waals surface area contributed by atoms with Gasteiger partial charge in [-0.2, -0.15) is 4.99 Å². The number of aromatic nitrogens is 1. The summed E-state index contributed by atoms with van der Waals surface area (Å²) < 4.78 is 40.4. The number of hydrogen-bond acceptors (Lipinski definition) is 4. The molecule has 3 aromatic rings. The molecule has 0 fully saturated rings. The molecule has 1 aromatic heterocycles. The van der Waals surface area contributed by atoms with Crippen LogP contribution in [0.3, 0.4) is 0 Å². The van der Waals surface area contributed by atoms with Gasteiger partial charge >= 0.3 is 0 Å². The molecule has 136 valence electrons. The van der Waals surface area contributed by atoms with Gasteiger partial charge in [-0.1, -0.05) is 30.4 Å². The zero-order valence-electron chi connectivity index (χ0n) is 14.3. The number of thiazole rings is 1. The molecule has 0 bridgehead atoms. The lowest BCUT2D eigenvalue weighted by molar-refractivity contribution is 0.0994. The predicted octanol–water partition coefficient (Wildman–Crippen LogP) is 3.40. The Balaban J connectivity index is 2.18. The van der Waals surface area contributed by atoms with E-state index < -0.39 is 15.7 Å². The monoisotopic (exact) mass is 392 g/mol. The molecule has 0 saturated heterocycles. The van der Waals surface area contributed by atoms with E-state index in [1.54, 1.807) is 22.8 Å². The van der Waals surface area contributed by atoms with Gasteiger partial charge in [-0.25, -0.2) is 12.8 Å². The zero-order valence-corrected chi connectivity index (χ0v) is 15.9. The van der Waals surface area contributed by atoms with Gasteiger partial charge in [-0.05, 0) is 37.3 Å². The van der Waals surface area contributed by atoms with Crippen LogP contribution >= 0.6 is 11.3 Å². The summed E-state index contributed by atoms with van der Waals surface area (Å²) in [4.78, 5) is 17.2. The van der Waals surface area contributed by atoms with E-state index in [2.05, 4.69) is 4.99 Å². The Morgan fingerprint density at radius 3 is 2.62 bits per heavy atom. The highest BCUT2D eigenvalue weighted by molar-refractivity contribution is 7.91. The summed E-state index contributed by atoms with van der Waals surface area (Å²) in [6.45, 7) is 3.97. The van der Waals surface area contributed by atoms with Crippen LogP contribution in [0, 0.1) is 5.82 Å². The van der Waals surface area contributed by atoms with E-state index in [0.717, 1.165) is 5.52 Å². The summed E-state index contributed by atoms with van der Waals surface area (Å²) in [7, 11) is -3.55. The first-order valence-corrected chi connectivity index (χ1v) is 10.5. The molecular formula is C18H17FN2O3S2. The number of aryl methyl sites for hydroxylation is 1. The third-order valence-corrected chi connectivity index (χ3v) is 6.82. The van der Waals surface area contributed by atoms with Crippen molar-refractivity contribution in [1.82, 2.24) is 4.57 Å². The van der Waals surface area contributed by atoms with Crippen LogP contribution in [0.4, 0.5) is 4.39 Å². The minimum Gasteiger partial charge on any atom is -0.317 e. The molecule has 2 aromatic carbocycles. The molecule has 1 heterocycles. The van der Waals surface area contributed by atoms with Crippen molar-refractivity contribution < 1.29 is 17.6 Å². The molecule has 0 aliphatic carbocycles. The van der Waals surface area contributed by atoms with E-state index in [4.69, 9.17) is 0 Å². The molecule has 26 heavy (non-hydrogen) atoms. The van der Waals surface area contributed by atoms with Gasteiger partial charge in [-0.15, -0.1) is 0 Å². The van der Waals surface area contributed by atoms with Crippen molar-refractivity contribution in [3.8, 4) is 0 Å². The maximum Gasteiger partial charge on any atom is 0.280 e. The Morgan fingerprint density at radius 2 is 1.92 bits per heavy atom. The highest BCUT2D eigenvalue weighted by Gasteiger charge is 2.20. The van der Waals surface area contributed by atoms with E-state index in [-0.39, 0.29) is 22.0 Å². The molecule has 0 atom stereocenters. The smallest absolute Gasteiger partial charge is 0.280 e. The Morgan fingerprint density at radius 1 is 1.19 bits per heavy atom. The SMILES string of the molecule is CCn1c(=NC(=O)c2ccccc2S(=O)(=O)CC)sc2cc(F)ccc21. The van der Waals surface area contributed by atoms with Crippen molar-refractivity contribution in [2.75, 3.05) is 5.75 Å². The fourth-order valence-corrected chi connectivity index (χ4v) is 4.86. The number of hydrogen-bond donors (Lipinski definition) is 0. The first-order valence-electron chi connectivity index (χ1n) is 8.07. The number of benzene rings is 2. The summed E-state index contributed by atoms with van der Waals surface area (Å²) in [6.07, 6.45) is 0. The summed E-state index contributed by atoms with van der Waals surface area (Å²) in [5, 5.41) is 0. The second kappa shape index (κ2) is 7.13. The summed E-state index contributed by atoms with van der Waals surface area (Å²) in [6, 6.07) is 10.4. The van der Waals surface area contributed by atoms with E-state index in [1.807, 2.05) is 6.92 Å². The first kappa shape index (κ1) is 18.5.